The topological polar surface area (TPSA) is 148 Å². The lowest BCUT2D eigenvalue weighted by atomic mass is 9.89. The summed E-state index contributed by atoms with van der Waals surface area (Å²) < 4.78 is 41.4. The van der Waals surface area contributed by atoms with Gasteiger partial charge in [-0.1, -0.05) is 23.5 Å². The van der Waals surface area contributed by atoms with Gasteiger partial charge >= 0.3 is 6.36 Å². The summed E-state index contributed by atoms with van der Waals surface area (Å²) >= 11 is 1.34. The summed E-state index contributed by atoms with van der Waals surface area (Å²) in [5.74, 6) is -0.271. The lowest BCUT2D eigenvalue weighted by Gasteiger charge is -2.38. The van der Waals surface area contributed by atoms with Gasteiger partial charge in [-0.2, -0.15) is 0 Å². The number of carbonyl (C=O) groups excluding carboxylic acids is 2. The number of benzene rings is 1. The van der Waals surface area contributed by atoms with Crippen LogP contribution in [0, 0.1) is 0 Å². The van der Waals surface area contributed by atoms with Crippen LogP contribution in [0.15, 0.2) is 55.0 Å². The molecule has 0 aliphatic carbocycles. The molecule has 1 aliphatic rings. The zero-order chi connectivity index (χ0) is 29.7. The predicted molar refractivity (Wildman–Crippen MR) is 146 cm³/mol. The monoisotopic (exact) mass is 599 g/mol. The Hall–Kier alpha value is -4.73. The van der Waals surface area contributed by atoms with E-state index >= 15 is 0 Å². The first-order chi connectivity index (χ1) is 20.1. The molecule has 2 N–H and O–H groups in total. The molecule has 218 valence electrons. The molecule has 0 saturated carbocycles. The van der Waals surface area contributed by atoms with Crippen LogP contribution in [0.4, 0.5) is 29.9 Å². The van der Waals surface area contributed by atoms with Gasteiger partial charge in [0.15, 0.2) is 11.6 Å². The predicted octanol–water partition coefficient (Wildman–Crippen LogP) is 4.28. The highest BCUT2D eigenvalue weighted by molar-refractivity contribution is 7.15. The Bertz CT molecular complexity index is 1540. The van der Waals surface area contributed by atoms with Crippen LogP contribution < -0.4 is 20.3 Å². The Labute approximate surface area is 241 Å². The summed E-state index contributed by atoms with van der Waals surface area (Å²) in [6.07, 6.45) is 1.28. The van der Waals surface area contributed by atoms with Crippen molar-refractivity contribution in [1.82, 2.24) is 30.4 Å². The average Bonchev–Trinajstić information content (AvgIpc) is 3.41. The number of ether oxygens (including phenoxy) is 1. The van der Waals surface area contributed by atoms with E-state index in [-0.39, 0.29) is 30.1 Å². The highest BCUT2D eigenvalue weighted by atomic mass is 32.1. The molecule has 2 atom stereocenters. The number of halogens is 3. The first-order valence-electron chi connectivity index (χ1n) is 12.7. The minimum Gasteiger partial charge on any atom is -0.406 e. The van der Waals surface area contributed by atoms with E-state index < -0.39 is 18.0 Å². The Morgan fingerprint density at radius 2 is 1.95 bits per heavy atom. The molecule has 0 bridgehead atoms. The molecule has 3 aromatic heterocycles. The SMILES string of the molecule is CC(=O)Nc1nnc(C2CCN(c3ccc(NC(=O)Cc4cccc(OC(F)(F)F)c4)nn3)C(c3cnccn3)C2)s1. The van der Waals surface area contributed by atoms with Gasteiger partial charge in [-0.25, -0.2) is 0 Å². The number of hydrogen-bond acceptors (Lipinski definition) is 11. The van der Waals surface area contributed by atoms with Crippen LogP contribution in [0.2, 0.25) is 0 Å². The number of anilines is 3. The molecule has 4 heterocycles. The normalized spacial score (nSPS) is 17.0. The number of aromatic nitrogens is 6. The van der Waals surface area contributed by atoms with Crippen LogP contribution in [0.25, 0.3) is 0 Å². The molecule has 42 heavy (non-hydrogen) atoms. The molecule has 1 aliphatic heterocycles. The summed E-state index contributed by atoms with van der Waals surface area (Å²) in [5, 5.41) is 23.4. The van der Waals surface area contributed by atoms with Gasteiger partial charge in [0.25, 0.3) is 0 Å². The van der Waals surface area contributed by atoms with Crippen LogP contribution in [-0.2, 0) is 16.0 Å². The third-order valence-corrected chi connectivity index (χ3v) is 7.31. The quantitative estimate of drug-likeness (QED) is 0.301. The van der Waals surface area contributed by atoms with Crippen molar-refractivity contribution in [2.45, 2.75) is 44.5 Å². The Kier molecular flexibility index (Phi) is 8.51. The van der Waals surface area contributed by atoms with Gasteiger partial charge in [-0.05, 0) is 42.7 Å². The second kappa shape index (κ2) is 12.4. The van der Waals surface area contributed by atoms with Crippen LogP contribution in [0.1, 0.15) is 48.0 Å². The van der Waals surface area contributed by atoms with E-state index in [1.807, 2.05) is 0 Å². The molecule has 12 nitrogen and oxygen atoms in total. The van der Waals surface area contributed by atoms with Gasteiger partial charge in [-0.15, -0.1) is 33.6 Å². The summed E-state index contributed by atoms with van der Waals surface area (Å²) in [6, 6.07) is 8.34. The van der Waals surface area contributed by atoms with Gasteiger partial charge in [0.05, 0.1) is 24.4 Å². The molecule has 5 rings (SSSR count). The van der Waals surface area contributed by atoms with Gasteiger partial charge in [0.2, 0.25) is 16.9 Å². The van der Waals surface area contributed by atoms with Crippen molar-refractivity contribution >= 4 is 39.9 Å². The first-order valence-corrected chi connectivity index (χ1v) is 13.6. The summed E-state index contributed by atoms with van der Waals surface area (Å²) in [4.78, 5) is 34.7. The van der Waals surface area contributed by atoms with Crippen molar-refractivity contribution < 1.29 is 27.5 Å². The molecule has 0 radical (unpaired) electrons. The maximum absolute atomic E-state index is 12.5. The number of amides is 2. The van der Waals surface area contributed by atoms with Crippen molar-refractivity contribution in [2.75, 3.05) is 22.1 Å². The Balaban J connectivity index is 1.26. The third-order valence-electron chi connectivity index (χ3n) is 6.31. The van der Waals surface area contributed by atoms with E-state index in [0.29, 0.717) is 29.5 Å². The molecular formula is C26H24F3N9O3S. The molecule has 2 amide bonds. The highest BCUT2D eigenvalue weighted by Crippen LogP contribution is 2.41. The van der Waals surface area contributed by atoms with Crippen LogP contribution in [-0.4, -0.2) is 55.1 Å². The van der Waals surface area contributed by atoms with E-state index in [2.05, 4.69) is 50.6 Å². The molecule has 1 saturated heterocycles. The number of carbonyl (C=O) groups is 2. The third kappa shape index (κ3) is 7.51. The number of rotatable bonds is 8. The molecule has 1 aromatic carbocycles. The number of alkyl halides is 3. The van der Waals surface area contributed by atoms with Gasteiger partial charge in [-0.3, -0.25) is 19.6 Å². The molecular weight excluding hydrogens is 575 g/mol. The fourth-order valence-electron chi connectivity index (χ4n) is 4.60. The Morgan fingerprint density at radius 3 is 2.67 bits per heavy atom. The van der Waals surface area contributed by atoms with Crippen molar-refractivity contribution in [1.29, 1.82) is 0 Å². The minimum absolute atomic E-state index is 0.0693. The lowest BCUT2D eigenvalue weighted by molar-refractivity contribution is -0.274. The highest BCUT2D eigenvalue weighted by Gasteiger charge is 2.34. The number of piperidine rings is 1. The maximum atomic E-state index is 12.5. The zero-order valence-electron chi connectivity index (χ0n) is 22.1. The van der Waals surface area contributed by atoms with Crippen molar-refractivity contribution in [3.05, 3.63) is 71.3 Å². The standard InChI is InChI=1S/C26H24F3N9O3S/c1-15(39)32-25-37-36-24(42-25)17-7-10-38(20(13-17)19-14-30-8-9-31-19)22-6-5-21(34-35-22)33-23(40)12-16-3-2-4-18(11-16)41-26(27,28)29/h2-6,8-9,11,14,17,20H,7,10,12-13H2,1H3,(H,32,37,39)(H,33,34,40). The van der Waals surface area contributed by atoms with Crippen LogP contribution in [0.5, 0.6) is 5.75 Å². The van der Waals surface area contributed by atoms with E-state index in [4.69, 9.17) is 0 Å². The summed E-state index contributed by atoms with van der Waals surface area (Å²) in [7, 11) is 0. The van der Waals surface area contributed by atoms with Crippen LogP contribution in [0.3, 0.4) is 0 Å². The van der Waals surface area contributed by atoms with Crippen molar-refractivity contribution in [3.8, 4) is 5.75 Å². The second-order valence-electron chi connectivity index (χ2n) is 9.38. The molecule has 16 heteroatoms. The molecule has 1 fully saturated rings. The zero-order valence-corrected chi connectivity index (χ0v) is 22.9. The van der Waals surface area contributed by atoms with E-state index in [0.717, 1.165) is 29.3 Å². The largest absolute Gasteiger partial charge is 0.573 e. The fraction of sp³-hybridized carbons (Fsp3) is 0.308. The summed E-state index contributed by atoms with van der Waals surface area (Å²) in [6.45, 7) is 2.01. The first kappa shape index (κ1) is 28.8. The second-order valence-corrected chi connectivity index (χ2v) is 10.4. The average molecular weight is 600 g/mol. The fourth-order valence-corrected chi connectivity index (χ4v) is 5.53. The minimum atomic E-state index is -4.82. The lowest BCUT2D eigenvalue weighted by Crippen LogP contribution is -2.37. The number of nitrogens with one attached hydrogen (secondary N) is 2. The number of nitrogens with zero attached hydrogens (tertiary/aromatic N) is 7. The summed E-state index contributed by atoms with van der Waals surface area (Å²) in [5.41, 5.74) is 1.08. The van der Waals surface area contributed by atoms with Crippen molar-refractivity contribution in [2.24, 2.45) is 0 Å². The molecule has 4 aromatic rings. The molecule has 2 unspecified atom stereocenters. The van der Waals surface area contributed by atoms with E-state index in [1.165, 1.54) is 30.4 Å². The number of hydrogen-bond donors (Lipinski definition) is 2. The van der Waals surface area contributed by atoms with Gasteiger partial charge < -0.3 is 20.3 Å². The van der Waals surface area contributed by atoms with E-state index in [9.17, 15) is 22.8 Å². The maximum Gasteiger partial charge on any atom is 0.573 e. The van der Waals surface area contributed by atoms with E-state index in [1.54, 1.807) is 30.7 Å². The van der Waals surface area contributed by atoms with Gasteiger partial charge in [0, 0.05) is 31.8 Å². The Morgan fingerprint density at radius 1 is 1.10 bits per heavy atom. The van der Waals surface area contributed by atoms with Crippen molar-refractivity contribution in [3.63, 3.8) is 0 Å². The molecule has 0 spiro atoms. The van der Waals surface area contributed by atoms with Gasteiger partial charge in [0.1, 0.15) is 10.8 Å². The smallest absolute Gasteiger partial charge is 0.406 e. The van der Waals surface area contributed by atoms with Crippen LogP contribution >= 0.6 is 11.3 Å².